The van der Waals surface area contributed by atoms with Gasteiger partial charge in [-0.25, -0.2) is 0 Å². The minimum absolute atomic E-state index is 0.0873. The molecule has 2 aromatic heterocycles. The highest BCUT2D eigenvalue weighted by Gasteiger charge is 2.25. The number of carbonyl (C=O) groups is 1. The Balaban J connectivity index is 1.47. The first kappa shape index (κ1) is 22.6. The van der Waals surface area contributed by atoms with Crippen molar-refractivity contribution in [3.8, 4) is 11.4 Å². The van der Waals surface area contributed by atoms with E-state index in [2.05, 4.69) is 70.3 Å². The Labute approximate surface area is 193 Å². The molecule has 1 aliphatic rings. The van der Waals surface area contributed by atoms with Gasteiger partial charge in [0.2, 0.25) is 5.91 Å². The molecule has 1 fully saturated rings. The molecule has 0 aliphatic heterocycles. The molecule has 8 heteroatoms. The number of nitrogens with zero attached hydrogens (tertiary/aromatic N) is 4. The number of aromatic nitrogens is 4. The summed E-state index contributed by atoms with van der Waals surface area (Å²) >= 11 is 1.59. The standard InChI is InChI=1S/C24H31N5O2S/c1-16-15-20(28-31-16)25-21(30)13-14-32-23-27-26-22(29(23)19-7-5-6-8-19)17-9-11-18(12-10-17)24(2,3)4/h9-12,15,19H,5-8,13-14H2,1-4H3,(H,25,28,30). The van der Waals surface area contributed by atoms with Crippen LogP contribution in [0.3, 0.4) is 0 Å². The van der Waals surface area contributed by atoms with Crippen LogP contribution in [0.15, 0.2) is 40.0 Å². The number of rotatable bonds is 7. The molecular weight excluding hydrogens is 422 g/mol. The fourth-order valence-corrected chi connectivity index (χ4v) is 4.99. The van der Waals surface area contributed by atoms with Crippen LogP contribution in [0.2, 0.25) is 0 Å². The van der Waals surface area contributed by atoms with Crippen LogP contribution in [0, 0.1) is 6.92 Å². The monoisotopic (exact) mass is 453 g/mol. The van der Waals surface area contributed by atoms with Crippen molar-refractivity contribution in [3.05, 3.63) is 41.7 Å². The topological polar surface area (TPSA) is 85.8 Å². The molecule has 1 aromatic carbocycles. The van der Waals surface area contributed by atoms with E-state index in [4.69, 9.17) is 4.52 Å². The first-order valence-electron chi connectivity index (χ1n) is 11.2. The van der Waals surface area contributed by atoms with E-state index >= 15 is 0 Å². The summed E-state index contributed by atoms with van der Waals surface area (Å²) in [5, 5.41) is 16.5. The van der Waals surface area contributed by atoms with Gasteiger partial charge in [0.1, 0.15) is 5.76 Å². The smallest absolute Gasteiger partial charge is 0.226 e. The lowest BCUT2D eigenvalue weighted by atomic mass is 9.86. The van der Waals surface area contributed by atoms with Gasteiger partial charge in [-0.2, -0.15) is 0 Å². The van der Waals surface area contributed by atoms with Crippen LogP contribution in [-0.4, -0.2) is 31.6 Å². The van der Waals surface area contributed by atoms with Gasteiger partial charge >= 0.3 is 0 Å². The Morgan fingerprint density at radius 1 is 1.19 bits per heavy atom. The SMILES string of the molecule is Cc1cc(NC(=O)CCSc2nnc(-c3ccc(C(C)(C)C)cc3)n2C2CCCC2)no1. The van der Waals surface area contributed by atoms with E-state index < -0.39 is 0 Å². The molecule has 3 aromatic rings. The fraction of sp³-hybridized carbons (Fsp3) is 0.500. The summed E-state index contributed by atoms with van der Waals surface area (Å²) in [7, 11) is 0. The third kappa shape index (κ3) is 5.23. The van der Waals surface area contributed by atoms with Gasteiger partial charge in [0.05, 0.1) is 0 Å². The summed E-state index contributed by atoms with van der Waals surface area (Å²) in [6, 6.07) is 10.8. The maximum absolute atomic E-state index is 12.2. The van der Waals surface area contributed by atoms with E-state index in [-0.39, 0.29) is 11.3 Å². The number of hydrogen-bond donors (Lipinski definition) is 1. The highest BCUT2D eigenvalue weighted by atomic mass is 32.2. The van der Waals surface area contributed by atoms with Gasteiger partial charge in [-0.05, 0) is 30.7 Å². The number of amides is 1. The summed E-state index contributed by atoms with van der Waals surface area (Å²) in [5.41, 5.74) is 2.50. The molecule has 1 aliphatic carbocycles. The fourth-order valence-electron chi connectivity index (χ4n) is 4.05. The molecule has 1 saturated carbocycles. The highest BCUT2D eigenvalue weighted by Crippen LogP contribution is 2.37. The third-order valence-electron chi connectivity index (χ3n) is 5.82. The van der Waals surface area contributed by atoms with Crippen molar-refractivity contribution >= 4 is 23.5 Å². The molecule has 2 heterocycles. The molecule has 7 nitrogen and oxygen atoms in total. The summed E-state index contributed by atoms with van der Waals surface area (Å²) in [4.78, 5) is 12.2. The lowest BCUT2D eigenvalue weighted by Crippen LogP contribution is -2.13. The van der Waals surface area contributed by atoms with Gasteiger partial charge in [-0.1, -0.05) is 74.8 Å². The molecule has 0 radical (unpaired) electrons. The molecule has 1 N–H and O–H groups in total. The quantitative estimate of drug-likeness (QED) is 0.457. The molecule has 0 atom stereocenters. The van der Waals surface area contributed by atoms with Crippen molar-refractivity contribution in [1.29, 1.82) is 0 Å². The normalized spacial score (nSPS) is 14.8. The zero-order chi connectivity index (χ0) is 22.7. The molecule has 32 heavy (non-hydrogen) atoms. The van der Waals surface area contributed by atoms with Crippen molar-refractivity contribution in [2.75, 3.05) is 11.1 Å². The molecule has 0 saturated heterocycles. The lowest BCUT2D eigenvalue weighted by molar-refractivity contribution is -0.115. The van der Waals surface area contributed by atoms with Crippen LogP contribution in [0.25, 0.3) is 11.4 Å². The van der Waals surface area contributed by atoms with Crippen LogP contribution >= 0.6 is 11.8 Å². The zero-order valence-electron chi connectivity index (χ0n) is 19.2. The van der Waals surface area contributed by atoms with Crippen molar-refractivity contribution in [3.63, 3.8) is 0 Å². The average molecular weight is 454 g/mol. The van der Waals surface area contributed by atoms with Crippen LogP contribution in [0.1, 0.15) is 70.2 Å². The number of hydrogen-bond acceptors (Lipinski definition) is 6. The third-order valence-corrected chi connectivity index (χ3v) is 6.76. The molecule has 0 bridgehead atoms. The Hall–Kier alpha value is -2.61. The predicted molar refractivity (Wildman–Crippen MR) is 127 cm³/mol. The Morgan fingerprint density at radius 3 is 2.53 bits per heavy atom. The van der Waals surface area contributed by atoms with Crippen molar-refractivity contribution < 1.29 is 9.32 Å². The Bertz CT molecular complexity index is 1060. The van der Waals surface area contributed by atoms with Gasteiger partial charge in [0.15, 0.2) is 16.8 Å². The zero-order valence-corrected chi connectivity index (χ0v) is 20.0. The number of benzene rings is 1. The number of nitrogens with one attached hydrogen (secondary N) is 1. The maximum Gasteiger partial charge on any atom is 0.226 e. The van der Waals surface area contributed by atoms with E-state index in [1.807, 2.05) is 0 Å². The molecule has 170 valence electrons. The Kier molecular flexibility index (Phi) is 6.69. The van der Waals surface area contributed by atoms with E-state index in [1.54, 1.807) is 24.8 Å². The minimum atomic E-state index is -0.0873. The van der Waals surface area contributed by atoms with Gasteiger partial charge in [0, 0.05) is 29.8 Å². The van der Waals surface area contributed by atoms with Crippen molar-refractivity contribution in [2.45, 2.75) is 76.4 Å². The van der Waals surface area contributed by atoms with Crippen LogP contribution in [-0.2, 0) is 10.2 Å². The predicted octanol–water partition coefficient (Wildman–Crippen LogP) is 5.78. The van der Waals surface area contributed by atoms with Gasteiger partial charge in [0.25, 0.3) is 0 Å². The molecule has 0 spiro atoms. The van der Waals surface area contributed by atoms with Crippen LogP contribution < -0.4 is 5.32 Å². The minimum Gasteiger partial charge on any atom is -0.360 e. The molecule has 4 rings (SSSR count). The first-order chi connectivity index (χ1) is 15.3. The molecule has 0 unspecified atom stereocenters. The number of aryl methyl sites for hydroxylation is 1. The van der Waals surface area contributed by atoms with E-state index in [0.29, 0.717) is 29.8 Å². The molecular formula is C24H31N5O2S. The average Bonchev–Trinajstić information content (AvgIpc) is 3.48. The van der Waals surface area contributed by atoms with E-state index in [9.17, 15) is 4.79 Å². The largest absolute Gasteiger partial charge is 0.360 e. The maximum atomic E-state index is 12.2. The highest BCUT2D eigenvalue weighted by molar-refractivity contribution is 7.99. The second-order valence-electron chi connectivity index (χ2n) is 9.41. The Morgan fingerprint density at radius 2 is 1.91 bits per heavy atom. The molecule has 1 amide bonds. The van der Waals surface area contributed by atoms with Crippen LogP contribution in [0.5, 0.6) is 0 Å². The second-order valence-corrected chi connectivity index (χ2v) is 10.5. The summed E-state index contributed by atoms with van der Waals surface area (Å²) in [6.45, 7) is 8.45. The lowest BCUT2D eigenvalue weighted by Gasteiger charge is -2.20. The van der Waals surface area contributed by atoms with E-state index in [1.165, 1.54) is 18.4 Å². The second kappa shape index (κ2) is 9.48. The summed E-state index contributed by atoms with van der Waals surface area (Å²) in [5.74, 6) is 2.57. The van der Waals surface area contributed by atoms with Gasteiger partial charge in [-0.15, -0.1) is 10.2 Å². The number of carbonyl (C=O) groups excluding carboxylic acids is 1. The van der Waals surface area contributed by atoms with E-state index in [0.717, 1.165) is 29.4 Å². The van der Waals surface area contributed by atoms with Crippen LogP contribution in [0.4, 0.5) is 5.82 Å². The number of anilines is 1. The van der Waals surface area contributed by atoms with Gasteiger partial charge < -0.3 is 9.84 Å². The summed E-state index contributed by atoms with van der Waals surface area (Å²) in [6.07, 6.45) is 5.11. The summed E-state index contributed by atoms with van der Waals surface area (Å²) < 4.78 is 7.29. The first-order valence-corrected chi connectivity index (χ1v) is 12.2. The number of thioether (sulfide) groups is 1. The van der Waals surface area contributed by atoms with Crippen molar-refractivity contribution in [1.82, 2.24) is 19.9 Å². The van der Waals surface area contributed by atoms with Crippen molar-refractivity contribution in [2.24, 2.45) is 0 Å². The van der Waals surface area contributed by atoms with Gasteiger partial charge in [-0.3, -0.25) is 9.36 Å².